The fraction of sp³-hybridized carbons (Fsp3) is 0.524. The molecule has 1 aliphatic rings. The molecule has 2 aromatic carbocycles. The van der Waals surface area contributed by atoms with Crippen LogP contribution in [0.3, 0.4) is 0 Å². The van der Waals surface area contributed by atoms with Gasteiger partial charge >= 0.3 is 0 Å². The van der Waals surface area contributed by atoms with Crippen LogP contribution in [0.1, 0.15) is 61.1 Å². The van der Waals surface area contributed by atoms with Gasteiger partial charge in [-0.3, -0.25) is 0 Å². The van der Waals surface area contributed by atoms with Crippen molar-refractivity contribution in [2.24, 2.45) is 0 Å². The van der Waals surface area contributed by atoms with E-state index in [1.807, 2.05) is 6.92 Å². The molecule has 124 valence electrons. The van der Waals surface area contributed by atoms with E-state index in [0.717, 1.165) is 27.6 Å². The first kappa shape index (κ1) is 16.2. The van der Waals surface area contributed by atoms with Gasteiger partial charge in [-0.2, -0.15) is 0 Å². The molecule has 0 amide bonds. The van der Waals surface area contributed by atoms with Crippen molar-refractivity contribution < 1.29 is 9.84 Å². The second-order valence-corrected chi connectivity index (χ2v) is 8.17. The Kier molecular flexibility index (Phi) is 3.12. The van der Waals surface area contributed by atoms with Gasteiger partial charge in [0.15, 0.2) is 0 Å². The summed E-state index contributed by atoms with van der Waals surface area (Å²) in [5, 5.41) is 12.9. The van der Waals surface area contributed by atoms with Gasteiger partial charge in [0, 0.05) is 16.2 Å². The predicted octanol–water partition coefficient (Wildman–Crippen LogP) is 5.54. The molecule has 0 atom stereocenters. The summed E-state index contributed by atoms with van der Waals surface area (Å²) in [6.45, 7) is 19.3. The highest BCUT2D eigenvalue weighted by Gasteiger charge is 2.47. The molecule has 0 spiro atoms. The molecule has 0 bridgehead atoms. The second kappa shape index (κ2) is 4.43. The lowest BCUT2D eigenvalue weighted by Gasteiger charge is -2.48. The van der Waals surface area contributed by atoms with E-state index in [-0.39, 0.29) is 11.0 Å². The number of hydrogen-bond donors (Lipinski definition) is 1. The number of hydrogen-bond acceptors (Lipinski definition) is 2. The summed E-state index contributed by atoms with van der Waals surface area (Å²) in [6, 6.07) is 0. The van der Waals surface area contributed by atoms with Crippen LogP contribution >= 0.6 is 0 Å². The van der Waals surface area contributed by atoms with Gasteiger partial charge in [0.1, 0.15) is 17.1 Å². The topological polar surface area (TPSA) is 29.5 Å². The van der Waals surface area contributed by atoms with Crippen molar-refractivity contribution in [2.75, 3.05) is 0 Å². The Labute approximate surface area is 139 Å². The first-order valence-corrected chi connectivity index (χ1v) is 8.38. The first-order chi connectivity index (χ1) is 10.4. The van der Waals surface area contributed by atoms with Gasteiger partial charge in [0.05, 0.1) is 0 Å². The third-order valence-corrected chi connectivity index (χ3v) is 6.58. The van der Waals surface area contributed by atoms with Gasteiger partial charge in [0.25, 0.3) is 0 Å². The number of benzene rings is 2. The number of rotatable bonds is 0. The molecular weight excluding hydrogens is 284 g/mol. The zero-order valence-electron chi connectivity index (χ0n) is 15.9. The van der Waals surface area contributed by atoms with Crippen molar-refractivity contribution in [3.8, 4) is 11.5 Å². The fourth-order valence-electron chi connectivity index (χ4n) is 3.99. The van der Waals surface area contributed by atoms with E-state index < -0.39 is 0 Å². The Bertz CT molecular complexity index is 846. The lowest BCUT2D eigenvalue weighted by atomic mass is 9.66. The summed E-state index contributed by atoms with van der Waals surface area (Å²) < 4.78 is 6.51. The van der Waals surface area contributed by atoms with Gasteiger partial charge in [-0.15, -0.1) is 0 Å². The van der Waals surface area contributed by atoms with Crippen molar-refractivity contribution >= 4 is 10.8 Å². The van der Waals surface area contributed by atoms with Gasteiger partial charge in [-0.1, -0.05) is 13.8 Å². The molecule has 1 heterocycles. The summed E-state index contributed by atoms with van der Waals surface area (Å²) in [7, 11) is 0. The number of aromatic hydroxyl groups is 1. The van der Waals surface area contributed by atoms with E-state index in [1.165, 1.54) is 22.3 Å². The molecule has 2 nitrogen and oxygen atoms in total. The van der Waals surface area contributed by atoms with E-state index >= 15 is 0 Å². The molecule has 0 fully saturated rings. The van der Waals surface area contributed by atoms with Gasteiger partial charge in [-0.25, -0.2) is 0 Å². The fourth-order valence-corrected chi connectivity index (χ4v) is 3.99. The number of ether oxygens (including phenoxy) is 1. The monoisotopic (exact) mass is 312 g/mol. The first-order valence-electron chi connectivity index (χ1n) is 8.38. The van der Waals surface area contributed by atoms with Crippen LogP contribution in [0.5, 0.6) is 11.5 Å². The van der Waals surface area contributed by atoms with Crippen LogP contribution in [-0.4, -0.2) is 10.7 Å². The normalized spacial score (nSPS) is 18.1. The summed E-state index contributed by atoms with van der Waals surface area (Å²) in [5.74, 6) is 1.35. The molecule has 0 saturated heterocycles. The molecule has 1 aliphatic heterocycles. The van der Waals surface area contributed by atoms with Gasteiger partial charge in [-0.05, 0) is 81.8 Å². The Morgan fingerprint density at radius 3 is 1.83 bits per heavy atom. The maximum Gasteiger partial charge on any atom is 0.131 e. The van der Waals surface area contributed by atoms with Crippen LogP contribution in [0.25, 0.3) is 10.8 Å². The zero-order chi connectivity index (χ0) is 17.5. The molecule has 3 rings (SSSR count). The van der Waals surface area contributed by atoms with Crippen molar-refractivity contribution in [3.63, 3.8) is 0 Å². The average Bonchev–Trinajstić information content (AvgIpc) is 2.45. The van der Waals surface area contributed by atoms with Crippen molar-refractivity contribution in [2.45, 2.75) is 73.3 Å². The lowest BCUT2D eigenvalue weighted by molar-refractivity contribution is 0.0297. The van der Waals surface area contributed by atoms with Crippen LogP contribution in [-0.2, 0) is 5.41 Å². The summed E-state index contributed by atoms with van der Waals surface area (Å²) in [5.41, 5.74) is 6.57. The standard InChI is InChI=1S/C21H28O2/c1-10-11(2)15-16-17(12(3)13(4)18(15)22)20(6,7)21(8,9)23-19(16)14(10)5/h22H,1-9H3. The minimum Gasteiger partial charge on any atom is -0.507 e. The lowest BCUT2D eigenvalue weighted by Crippen LogP contribution is -2.50. The predicted molar refractivity (Wildman–Crippen MR) is 97.0 cm³/mol. The number of aryl methyl sites for hydroxylation is 1. The van der Waals surface area contributed by atoms with Crippen LogP contribution < -0.4 is 4.74 Å². The number of phenolic OH excluding ortho intramolecular Hbond substituents is 1. The average molecular weight is 312 g/mol. The maximum absolute atomic E-state index is 10.8. The smallest absolute Gasteiger partial charge is 0.131 e. The van der Waals surface area contributed by atoms with E-state index in [2.05, 4.69) is 55.4 Å². The molecule has 1 N–H and O–H groups in total. The van der Waals surface area contributed by atoms with E-state index in [9.17, 15) is 5.11 Å². The molecule has 0 unspecified atom stereocenters. The summed E-state index contributed by atoms with van der Waals surface area (Å²) in [6.07, 6.45) is 0. The molecule has 23 heavy (non-hydrogen) atoms. The van der Waals surface area contributed by atoms with Crippen LogP contribution in [0.2, 0.25) is 0 Å². The highest BCUT2D eigenvalue weighted by Crippen LogP contribution is 2.55. The van der Waals surface area contributed by atoms with Crippen LogP contribution in [0.15, 0.2) is 0 Å². The minimum absolute atomic E-state index is 0.144. The molecule has 0 radical (unpaired) electrons. The molecule has 2 heteroatoms. The third-order valence-electron chi connectivity index (χ3n) is 6.58. The highest BCUT2D eigenvalue weighted by atomic mass is 16.5. The SMILES string of the molecule is Cc1c(C)c2c3c(c(C)c(C)c(O)c3c1C)C(C)(C)C(C)(C)O2. The Morgan fingerprint density at radius 1 is 0.696 bits per heavy atom. The second-order valence-electron chi connectivity index (χ2n) is 8.17. The van der Waals surface area contributed by atoms with Crippen molar-refractivity contribution in [3.05, 3.63) is 33.4 Å². The maximum atomic E-state index is 10.8. The van der Waals surface area contributed by atoms with E-state index in [0.29, 0.717) is 5.75 Å². The highest BCUT2D eigenvalue weighted by molar-refractivity contribution is 6.03. The molecular formula is C21H28O2. The quantitative estimate of drug-likeness (QED) is 0.692. The zero-order valence-corrected chi connectivity index (χ0v) is 15.9. The van der Waals surface area contributed by atoms with Crippen molar-refractivity contribution in [1.82, 2.24) is 0 Å². The third kappa shape index (κ3) is 1.75. The van der Waals surface area contributed by atoms with E-state index in [1.54, 1.807) is 0 Å². The van der Waals surface area contributed by atoms with Gasteiger partial charge in [0.2, 0.25) is 0 Å². The van der Waals surface area contributed by atoms with Crippen molar-refractivity contribution in [1.29, 1.82) is 0 Å². The molecule has 0 aliphatic carbocycles. The Morgan fingerprint density at radius 2 is 1.26 bits per heavy atom. The summed E-state index contributed by atoms with van der Waals surface area (Å²) >= 11 is 0. The van der Waals surface area contributed by atoms with Gasteiger partial charge < -0.3 is 9.84 Å². The van der Waals surface area contributed by atoms with Crippen LogP contribution in [0, 0.1) is 34.6 Å². The largest absolute Gasteiger partial charge is 0.507 e. The Hall–Kier alpha value is -1.70. The molecule has 0 aromatic heterocycles. The number of phenols is 1. The van der Waals surface area contributed by atoms with Crippen LogP contribution in [0.4, 0.5) is 0 Å². The minimum atomic E-state index is -0.312. The molecule has 0 saturated carbocycles. The van der Waals surface area contributed by atoms with E-state index in [4.69, 9.17) is 4.74 Å². The summed E-state index contributed by atoms with van der Waals surface area (Å²) in [4.78, 5) is 0. The molecule has 2 aromatic rings. The Balaban J connectivity index is 2.71.